The van der Waals surface area contributed by atoms with Crippen molar-refractivity contribution in [3.05, 3.63) is 0 Å². The summed E-state index contributed by atoms with van der Waals surface area (Å²) in [5.41, 5.74) is 0. The van der Waals surface area contributed by atoms with Crippen LogP contribution in [0.25, 0.3) is 0 Å². The van der Waals surface area contributed by atoms with Gasteiger partial charge in [0, 0.05) is 26.1 Å². The van der Waals surface area contributed by atoms with Gasteiger partial charge in [-0.05, 0) is 38.5 Å². The van der Waals surface area contributed by atoms with Crippen molar-refractivity contribution in [1.29, 1.82) is 0 Å². The van der Waals surface area contributed by atoms with Crippen LogP contribution in [0.15, 0.2) is 0 Å². The fraction of sp³-hybridized carbons (Fsp3) is 0.933. The minimum atomic E-state index is -0.0667. The second-order valence-electron chi connectivity index (χ2n) is 9.82. The molecule has 0 rings (SSSR count). The second kappa shape index (κ2) is 30.1. The summed E-state index contributed by atoms with van der Waals surface area (Å²) in [4.78, 5) is 23.4. The summed E-state index contributed by atoms with van der Waals surface area (Å²) < 4.78 is 21.8. The van der Waals surface area contributed by atoms with Crippen LogP contribution in [0.4, 0.5) is 0 Å². The normalized spacial score (nSPS) is 11.1. The van der Waals surface area contributed by atoms with E-state index in [4.69, 9.17) is 18.9 Å². The van der Waals surface area contributed by atoms with Crippen molar-refractivity contribution in [2.75, 3.05) is 39.6 Å². The van der Waals surface area contributed by atoms with E-state index < -0.39 is 0 Å². The number of carbonyl (C=O) groups is 2. The number of hydrogen-bond donors (Lipinski definition) is 0. The summed E-state index contributed by atoms with van der Waals surface area (Å²) in [6.07, 6.45) is 21.1. The Balaban J connectivity index is 3.20. The molecule has 6 heteroatoms. The second-order valence-corrected chi connectivity index (χ2v) is 9.82. The number of hydrogen-bond acceptors (Lipinski definition) is 6. The first-order valence-electron chi connectivity index (χ1n) is 15.2. The molecule has 0 aliphatic rings. The van der Waals surface area contributed by atoms with Crippen molar-refractivity contribution in [1.82, 2.24) is 0 Å². The number of rotatable bonds is 29. The van der Waals surface area contributed by atoms with E-state index in [1.165, 1.54) is 51.4 Å². The van der Waals surface area contributed by atoms with Crippen LogP contribution in [-0.2, 0) is 28.5 Å². The van der Waals surface area contributed by atoms with E-state index >= 15 is 0 Å². The van der Waals surface area contributed by atoms with Crippen LogP contribution in [0.2, 0.25) is 0 Å². The lowest BCUT2D eigenvalue weighted by molar-refractivity contribution is -0.144. The van der Waals surface area contributed by atoms with Gasteiger partial charge in [-0.15, -0.1) is 0 Å². The van der Waals surface area contributed by atoms with Gasteiger partial charge in [0.1, 0.15) is 0 Å². The molecule has 214 valence electrons. The van der Waals surface area contributed by atoms with Crippen molar-refractivity contribution in [2.45, 2.75) is 142 Å². The fourth-order valence-corrected chi connectivity index (χ4v) is 3.90. The van der Waals surface area contributed by atoms with Crippen molar-refractivity contribution in [2.24, 2.45) is 0 Å². The molecule has 0 radical (unpaired) electrons. The van der Waals surface area contributed by atoms with Gasteiger partial charge in [0.25, 0.3) is 0 Å². The fourth-order valence-electron chi connectivity index (χ4n) is 3.90. The molecule has 0 amide bonds. The van der Waals surface area contributed by atoms with E-state index in [0.29, 0.717) is 52.5 Å². The van der Waals surface area contributed by atoms with Gasteiger partial charge in [-0.3, -0.25) is 9.59 Å². The van der Waals surface area contributed by atoms with Gasteiger partial charge in [-0.1, -0.05) is 90.9 Å². The van der Waals surface area contributed by atoms with Crippen LogP contribution < -0.4 is 0 Å². The molecule has 0 unspecified atom stereocenters. The molecule has 0 aromatic rings. The van der Waals surface area contributed by atoms with E-state index in [9.17, 15) is 9.59 Å². The number of unbranched alkanes of at least 4 members (excludes halogenated alkanes) is 14. The summed E-state index contributed by atoms with van der Waals surface area (Å²) >= 11 is 0. The summed E-state index contributed by atoms with van der Waals surface area (Å²) in [5.74, 6) is -0.133. The Hall–Kier alpha value is -1.14. The topological polar surface area (TPSA) is 71.1 Å². The van der Waals surface area contributed by atoms with E-state index in [2.05, 4.69) is 13.8 Å². The average Bonchev–Trinajstić information content (AvgIpc) is 2.87. The molecule has 0 fully saturated rings. The molecule has 0 atom stereocenters. The zero-order valence-electron chi connectivity index (χ0n) is 23.8. The molecule has 0 aromatic carbocycles. The van der Waals surface area contributed by atoms with Gasteiger partial charge in [-0.25, -0.2) is 0 Å². The summed E-state index contributed by atoms with van der Waals surface area (Å²) in [6, 6.07) is 0. The molecule has 0 aliphatic heterocycles. The van der Waals surface area contributed by atoms with Crippen LogP contribution in [0.1, 0.15) is 142 Å². The van der Waals surface area contributed by atoms with Gasteiger partial charge in [-0.2, -0.15) is 0 Å². The molecular weight excluding hydrogens is 456 g/mol. The lowest BCUT2D eigenvalue weighted by Crippen LogP contribution is -2.08. The van der Waals surface area contributed by atoms with E-state index in [1.807, 2.05) is 0 Å². The Bertz CT molecular complexity index is 426. The van der Waals surface area contributed by atoms with Crippen LogP contribution in [0.3, 0.4) is 0 Å². The third-order valence-corrected chi connectivity index (χ3v) is 6.23. The molecule has 0 aromatic heterocycles. The highest BCUT2D eigenvalue weighted by atomic mass is 16.5. The highest BCUT2D eigenvalue weighted by Gasteiger charge is 2.04. The molecule has 0 heterocycles. The molecule has 6 nitrogen and oxygen atoms in total. The van der Waals surface area contributed by atoms with Crippen molar-refractivity contribution >= 4 is 11.9 Å². The van der Waals surface area contributed by atoms with Crippen LogP contribution in [0, 0.1) is 0 Å². The standard InChI is InChI=1S/C30H58O6/c1-3-5-7-9-11-19-25-35-29(31)21-15-13-17-23-33-27-28-34-24-18-14-16-22-30(32)36-26-20-12-10-8-6-4-2/h3-28H2,1-2H3. The Morgan fingerprint density at radius 2 is 0.722 bits per heavy atom. The van der Waals surface area contributed by atoms with Crippen molar-refractivity contribution in [3.8, 4) is 0 Å². The maximum Gasteiger partial charge on any atom is 0.305 e. The number of carbonyl (C=O) groups excluding carboxylic acids is 2. The lowest BCUT2D eigenvalue weighted by Gasteiger charge is -2.07. The first-order chi connectivity index (χ1) is 17.7. The van der Waals surface area contributed by atoms with Crippen LogP contribution in [0.5, 0.6) is 0 Å². The largest absolute Gasteiger partial charge is 0.466 e. The molecule has 36 heavy (non-hydrogen) atoms. The summed E-state index contributed by atoms with van der Waals surface area (Å²) in [7, 11) is 0. The quantitative estimate of drug-likeness (QED) is 0.0745. The average molecular weight is 515 g/mol. The molecule has 0 saturated heterocycles. The molecule has 0 bridgehead atoms. The Morgan fingerprint density at radius 1 is 0.389 bits per heavy atom. The number of ether oxygens (including phenoxy) is 4. The predicted octanol–water partition coefficient (Wildman–Crippen LogP) is 7.95. The molecule has 0 N–H and O–H groups in total. The van der Waals surface area contributed by atoms with Crippen LogP contribution >= 0.6 is 0 Å². The van der Waals surface area contributed by atoms with Crippen molar-refractivity contribution in [3.63, 3.8) is 0 Å². The van der Waals surface area contributed by atoms with E-state index in [-0.39, 0.29) is 11.9 Å². The zero-order chi connectivity index (χ0) is 26.4. The maximum absolute atomic E-state index is 11.7. The third kappa shape index (κ3) is 29.1. The minimum Gasteiger partial charge on any atom is -0.466 e. The molecule has 0 saturated carbocycles. The lowest BCUT2D eigenvalue weighted by atomic mass is 10.1. The SMILES string of the molecule is CCCCCCCCOC(=O)CCCCCOCCOCCCCCC(=O)OCCCCCCCC. The van der Waals surface area contributed by atoms with E-state index in [0.717, 1.165) is 64.2 Å². The third-order valence-electron chi connectivity index (χ3n) is 6.23. The van der Waals surface area contributed by atoms with Gasteiger partial charge in [0.15, 0.2) is 0 Å². The highest BCUT2D eigenvalue weighted by molar-refractivity contribution is 5.69. The molecule has 0 spiro atoms. The Kier molecular flexibility index (Phi) is 29.1. The van der Waals surface area contributed by atoms with Crippen LogP contribution in [-0.4, -0.2) is 51.6 Å². The summed E-state index contributed by atoms with van der Waals surface area (Å²) in [6.45, 7) is 8.19. The smallest absolute Gasteiger partial charge is 0.305 e. The monoisotopic (exact) mass is 514 g/mol. The van der Waals surface area contributed by atoms with Gasteiger partial charge >= 0.3 is 11.9 Å². The van der Waals surface area contributed by atoms with Gasteiger partial charge in [0.05, 0.1) is 26.4 Å². The molecule has 0 aliphatic carbocycles. The molecular formula is C30H58O6. The Labute approximate surface area is 222 Å². The maximum atomic E-state index is 11.7. The van der Waals surface area contributed by atoms with Gasteiger partial charge in [0.2, 0.25) is 0 Å². The minimum absolute atomic E-state index is 0.0667. The highest BCUT2D eigenvalue weighted by Crippen LogP contribution is 2.08. The first-order valence-corrected chi connectivity index (χ1v) is 15.2. The predicted molar refractivity (Wildman–Crippen MR) is 147 cm³/mol. The summed E-state index contributed by atoms with van der Waals surface area (Å²) in [5, 5.41) is 0. The van der Waals surface area contributed by atoms with Gasteiger partial charge < -0.3 is 18.9 Å². The Morgan fingerprint density at radius 3 is 1.14 bits per heavy atom. The van der Waals surface area contributed by atoms with E-state index in [1.54, 1.807) is 0 Å². The number of esters is 2. The van der Waals surface area contributed by atoms with Crippen molar-refractivity contribution < 1.29 is 28.5 Å². The first kappa shape index (κ1) is 34.9. The zero-order valence-corrected chi connectivity index (χ0v) is 23.8.